The number of benzene rings is 2. The molecule has 1 saturated heterocycles. The number of nitrogens with zero attached hydrogens (tertiary/aromatic N) is 5. The van der Waals surface area contributed by atoms with Crippen LogP contribution in [0.25, 0.3) is 0 Å². The Morgan fingerprint density at radius 3 is 1.75 bits per heavy atom. The average Bonchev–Trinajstić information content (AvgIpc) is 3.54. The van der Waals surface area contributed by atoms with Gasteiger partial charge in [0.05, 0.1) is 12.4 Å². The van der Waals surface area contributed by atoms with Crippen LogP contribution in [-0.2, 0) is 27.3 Å². The molecule has 0 saturated carbocycles. The molecule has 5 rings (SSSR count). The predicted octanol–water partition coefficient (Wildman–Crippen LogP) is 3.83. The fourth-order valence-corrected chi connectivity index (χ4v) is 4.16. The smallest absolute Gasteiger partial charge is 0.342 e. The number of rotatable bonds is 9. The van der Waals surface area contributed by atoms with E-state index in [2.05, 4.69) is 15.6 Å². The van der Waals surface area contributed by atoms with Gasteiger partial charge >= 0.3 is 5.97 Å². The topological polar surface area (TPSA) is 124 Å². The SMILES string of the molecule is Cn1ncc(C(=O)NN2CCCCC2)c1OCc1ccccc1.Cn1ncc(C(=O)O)c1OCc1ccccc1. The number of hydrogen-bond acceptors (Lipinski definition) is 7. The normalized spacial score (nSPS) is 13.2. The summed E-state index contributed by atoms with van der Waals surface area (Å²) in [5.41, 5.74) is 5.52. The number of hydrogen-bond donors (Lipinski definition) is 2. The number of carbonyl (C=O) groups excluding carboxylic acids is 1. The maximum Gasteiger partial charge on any atom is 0.342 e. The van der Waals surface area contributed by atoms with Crippen LogP contribution in [0.15, 0.2) is 73.1 Å². The molecule has 1 fully saturated rings. The molecule has 0 unspecified atom stereocenters. The summed E-state index contributed by atoms with van der Waals surface area (Å²) in [6.45, 7) is 2.52. The zero-order valence-electron chi connectivity index (χ0n) is 22.7. The van der Waals surface area contributed by atoms with Crippen molar-refractivity contribution in [3.05, 3.63) is 95.3 Å². The number of hydrazine groups is 1. The molecule has 1 aliphatic rings. The molecular formula is C29H34N6O5. The zero-order valence-corrected chi connectivity index (χ0v) is 22.7. The van der Waals surface area contributed by atoms with E-state index in [0.29, 0.717) is 24.7 Å². The first-order valence-electron chi connectivity index (χ1n) is 13.1. The summed E-state index contributed by atoms with van der Waals surface area (Å²) in [4.78, 5) is 23.4. The van der Waals surface area contributed by atoms with E-state index in [1.807, 2.05) is 65.7 Å². The van der Waals surface area contributed by atoms with Crippen molar-refractivity contribution in [3.8, 4) is 11.8 Å². The van der Waals surface area contributed by atoms with Crippen molar-refractivity contribution in [1.29, 1.82) is 0 Å². The zero-order chi connectivity index (χ0) is 28.3. The minimum absolute atomic E-state index is 0.0726. The number of aromatic nitrogens is 4. The summed E-state index contributed by atoms with van der Waals surface area (Å²) in [6, 6.07) is 19.4. The first-order valence-corrected chi connectivity index (χ1v) is 13.1. The third-order valence-electron chi connectivity index (χ3n) is 6.30. The third kappa shape index (κ3) is 7.70. The second-order valence-electron chi connectivity index (χ2n) is 9.32. The van der Waals surface area contributed by atoms with Gasteiger partial charge in [-0.25, -0.2) is 19.2 Å². The summed E-state index contributed by atoms with van der Waals surface area (Å²) >= 11 is 0. The van der Waals surface area contributed by atoms with Gasteiger partial charge in [0, 0.05) is 27.2 Å². The van der Waals surface area contributed by atoms with Gasteiger partial charge < -0.3 is 14.6 Å². The first-order chi connectivity index (χ1) is 19.4. The van der Waals surface area contributed by atoms with Crippen LogP contribution < -0.4 is 14.9 Å². The van der Waals surface area contributed by atoms with Crippen LogP contribution in [0.5, 0.6) is 11.8 Å². The van der Waals surface area contributed by atoms with Crippen LogP contribution in [0.3, 0.4) is 0 Å². The molecule has 0 bridgehead atoms. The molecule has 2 aromatic carbocycles. The van der Waals surface area contributed by atoms with Crippen molar-refractivity contribution in [2.45, 2.75) is 32.5 Å². The number of carboxylic acid groups (broad SMARTS) is 1. The average molecular weight is 547 g/mol. The van der Waals surface area contributed by atoms with Gasteiger partial charge in [0.1, 0.15) is 24.3 Å². The van der Waals surface area contributed by atoms with Crippen molar-refractivity contribution < 1.29 is 24.2 Å². The van der Waals surface area contributed by atoms with Gasteiger partial charge in [-0.3, -0.25) is 10.2 Å². The van der Waals surface area contributed by atoms with Crippen LogP contribution in [0.4, 0.5) is 0 Å². The standard InChI is InChI=1S/C17H22N4O2.C12H12N2O3/c1-20-17(23-13-14-8-4-2-5-9-14)15(12-18-20)16(22)19-21-10-6-3-7-11-21;1-14-11(10(7-13-14)12(15)16)17-8-9-5-3-2-4-6-9/h2,4-5,8-9,12H,3,6-7,10-11,13H2,1H3,(H,19,22);2-7H,8H2,1H3,(H,15,16). The molecule has 1 amide bonds. The van der Waals surface area contributed by atoms with Gasteiger partial charge in [0.25, 0.3) is 5.91 Å². The summed E-state index contributed by atoms with van der Waals surface area (Å²) in [7, 11) is 3.42. The van der Waals surface area contributed by atoms with Crippen molar-refractivity contribution in [3.63, 3.8) is 0 Å². The number of amides is 1. The molecule has 2 N–H and O–H groups in total. The maximum absolute atomic E-state index is 12.5. The number of nitrogens with one attached hydrogen (secondary N) is 1. The third-order valence-corrected chi connectivity index (χ3v) is 6.30. The van der Waals surface area contributed by atoms with E-state index in [1.54, 1.807) is 25.0 Å². The number of ether oxygens (including phenoxy) is 2. The Morgan fingerprint density at radius 2 is 1.25 bits per heavy atom. The van der Waals surface area contributed by atoms with Crippen LogP contribution in [0.2, 0.25) is 0 Å². The van der Waals surface area contributed by atoms with E-state index in [9.17, 15) is 9.59 Å². The number of piperidine rings is 1. The summed E-state index contributed by atoms with van der Waals surface area (Å²) in [5, 5.41) is 18.9. The van der Waals surface area contributed by atoms with Crippen LogP contribution in [0, 0.1) is 0 Å². The number of aromatic carboxylic acids is 1. The maximum atomic E-state index is 12.5. The van der Waals surface area contributed by atoms with Crippen LogP contribution in [0.1, 0.15) is 51.1 Å². The lowest BCUT2D eigenvalue weighted by molar-refractivity contribution is 0.0689. The van der Waals surface area contributed by atoms with Crippen LogP contribution in [-0.4, -0.2) is 54.6 Å². The van der Waals surface area contributed by atoms with Gasteiger partial charge in [0.15, 0.2) is 0 Å². The van der Waals surface area contributed by atoms with E-state index in [1.165, 1.54) is 17.3 Å². The quantitative estimate of drug-likeness (QED) is 0.325. The fraction of sp³-hybridized carbons (Fsp3) is 0.310. The minimum atomic E-state index is -1.04. The van der Waals surface area contributed by atoms with Crippen molar-refractivity contribution in [2.75, 3.05) is 13.1 Å². The van der Waals surface area contributed by atoms with Crippen molar-refractivity contribution >= 4 is 11.9 Å². The number of carboxylic acids is 1. The highest BCUT2D eigenvalue weighted by Gasteiger charge is 2.21. The van der Waals surface area contributed by atoms with Gasteiger partial charge in [0.2, 0.25) is 11.8 Å². The van der Waals surface area contributed by atoms with E-state index in [4.69, 9.17) is 14.6 Å². The molecule has 11 heteroatoms. The van der Waals surface area contributed by atoms with Crippen LogP contribution >= 0.6 is 0 Å². The Hall–Kier alpha value is -4.64. The van der Waals surface area contributed by atoms with E-state index >= 15 is 0 Å². The Labute approximate surface area is 232 Å². The lowest BCUT2D eigenvalue weighted by atomic mass is 10.2. The van der Waals surface area contributed by atoms with E-state index < -0.39 is 5.97 Å². The lowest BCUT2D eigenvalue weighted by Crippen LogP contribution is -2.45. The molecular weight excluding hydrogens is 512 g/mol. The molecule has 0 radical (unpaired) electrons. The highest BCUT2D eigenvalue weighted by atomic mass is 16.5. The molecule has 40 heavy (non-hydrogen) atoms. The number of aryl methyl sites for hydroxylation is 2. The Kier molecular flexibility index (Phi) is 9.89. The highest BCUT2D eigenvalue weighted by Crippen LogP contribution is 2.20. The largest absolute Gasteiger partial charge is 0.477 e. The van der Waals surface area contributed by atoms with Gasteiger partial charge in [-0.2, -0.15) is 10.2 Å². The van der Waals surface area contributed by atoms with Gasteiger partial charge in [-0.15, -0.1) is 0 Å². The first kappa shape index (κ1) is 28.4. The minimum Gasteiger partial charge on any atom is -0.477 e. The van der Waals surface area contributed by atoms with E-state index in [0.717, 1.165) is 37.1 Å². The molecule has 4 aromatic rings. The summed E-state index contributed by atoms with van der Waals surface area (Å²) in [6.07, 6.45) is 6.29. The van der Waals surface area contributed by atoms with Crippen molar-refractivity contribution in [1.82, 2.24) is 30.0 Å². The second-order valence-corrected chi connectivity index (χ2v) is 9.32. The fourth-order valence-electron chi connectivity index (χ4n) is 4.16. The molecule has 0 atom stereocenters. The molecule has 1 aliphatic heterocycles. The summed E-state index contributed by atoms with van der Waals surface area (Å²) < 4.78 is 14.3. The molecule has 0 spiro atoms. The van der Waals surface area contributed by atoms with Gasteiger partial charge in [-0.1, -0.05) is 67.1 Å². The van der Waals surface area contributed by atoms with E-state index in [-0.39, 0.29) is 17.4 Å². The molecule has 2 aromatic heterocycles. The molecule has 0 aliphatic carbocycles. The van der Waals surface area contributed by atoms with Gasteiger partial charge in [-0.05, 0) is 24.0 Å². The lowest BCUT2D eigenvalue weighted by Gasteiger charge is -2.26. The highest BCUT2D eigenvalue weighted by molar-refractivity contribution is 5.96. The second kappa shape index (κ2) is 13.9. The summed E-state index contributed by atoms with van der Waals surface area (Å²) in [5.74, 6) is -0.450. The molecule has 11 nitrogen and oxygen atoms in total. The monoisotopic (exact) mass is 546 g/mol. The predicted molar refractivity (Wildman–Crippen MR) is 148 cm³/mol. The molecule has 3 heterocycles. The Morgan fingerprint density at radius 1 is 0.775 bits per heavy atom. The number of carbonyl (C=O) groups is 2. The Bertz CT molecular complexity index is 1380. The Balaban J connectivity index is 0.000000194. The van der Waals surface area contributed by atoms with Crippen molar-refractivity contribution in [2.24, 2.45) is 14.1 Å². The molecule has 210 valence electrons.